The zero-order valence-corrected chi connectivity index (χ0v) is 13.7. The number of benzene rings is 2. The smallest absolute Gasteiger partial charge is 0.294 e. The number of rotatable bonds is 6. The van der Waals surface area contributed by atoms with Crippen LogP contribution in [0.2, 0.25) is 0 Å². The van der Waals surface area contributed by atoms with Crippen molar-refractivity contribution in [1.82, 2.24) is 4.98 Å². The van der Waals surface area contributed by atoms with E-state index in [4.69, 9.17) is 9.29 Å². The first-order chi connectivity index (χ1) is 11.5. The first-order valence-electron chi connectivity index (χ1n) is 7.55. The van der Waals surface area contributed by atoms with Gasteiger partial charge in [0.15, 0.2) is 0 Å². The summed E-state index contributed by atoms with van der Waals surface area (Å²) >= 11 is 0. The fourth-order valence-electron chi connectivity index (χ4n) is 2.47. The highest BCUT2D eigenvalue weighted by Gasteiger charge is 2.10. The van der Waals surface area contributed by atoms with Crippen molar-refractivity contribution in [3.63, 3.8) is 0 Å². The summed E-state index contributed by atoms with van der Waals surface area (Å²) in [5, 5.41) is 1.59. The van der Waals surface area contributed by atoms with Crippen molar-refractivity contribution in [1.29, 1.82) is 0 Å². The summed E-state index contributed by atoms with van der Waals surface area (Å²) in [5.41, 5.74) is 1.21. The number of fused-ring (bicyclic) bond motifs is 1. The molecular weight excluding hydrogens is 326 g/mol. The van der Waals surface area contributed by atoms with Gasteiger partial charge in [-0.3, -0.25) is 9.54 Å². The van der Waals surface area contributed by atoms with Gasteiger partial charge in [0.1, 0.15) is 5.75 Å². The quantitative estimate of drug-likeness (QED) is 0.548. The summed E-state index contributed by atoms with van der Waals surface area (Å²) < 4.78 is 37.3. The van der Waals surface area contributed by atoms with E-state index < -0.39 is 10.1 Å². The lowest BCUT2D eigenvalue weighted by atomic mass is 10.1. The van der Waals surface area contributed by atoms with Crippen LogP contribution in [-0.2, 0) is 16.5 Å². The second kappa shape index (κ2) is 6.98. The van der Waals surface area contributed by atoms with Gasteiger partial charge in [-0.2, -0.15) is 8.42 Å². The van der Waals surface area contributed by atoms with Gasteiger partial charge in [0.25, 0.3) is 10.1 Å². The largest absolute Gasteiger partial charge is 0.494 e. The summed E-state index contributed by atoms with van der Waals surface area (Å²) in [6.45, 7) is 0.561. The lowest BCUT2D eigenvalue weighted by molar-refractivity contribution is 0.311. The Hall–Kier alpha value is -2.44. The fraction of sp³-hybridized carbons (Fsp3) is 0.167. The molecule has 0 bridgehead atoms. The second-order valence-electron chi connectivity index (χ2n) is 5.45. The molecule has 6 heteroatoms. The molecule has 0 amide bonds. The van der Waals surface area contributed by atoms with Crippen LogP contribution in [0.5, 0.6) is 5.75 Å². The Morgan fingerprint density at radius 2 is 1.71 bits per heavy atom. The molecule has 1 aromatic heterocycles. The number of hydrogen-bond donors (Lipinski definition) is 1. The Kier molecular flexibility index (Phi) is 4.78. The van der Waals surface area contributed by atoms with Crippen LogP contribution in [-0.4, -0.2) is 24.6 Å². The van der Waals surface area contributed by atoms with Crippen LogP contribution in [0.15, 0.2) is 65.8 Å². The average molecular weight is 343 g/mol. The molecule has 3 aromatic rings. The number of ether oxygens (including phenoxy) is 1. The molecule has 0 spiro atoms. The van der Waals surface area contributed by atoms with Crippen molar-refractivity contribution in [2.75, 3.05) is 6.61 Å². The summed E-state index contributed by atoms with van der Waals surface area (Å²) in [6, 6.07) is 13.9. The molecule has 1 heterocycles. The maximum atomic E-state index is 11.2. The second-order valence-corrected chi connectivity index (χ2v) is 6.87. The predicted molar refractivity (Wildman–Crippen MR) is 91.8 cm³/mol. The van der Waals surface area contributed by atoms with E-state index >= 15 is 0 Å². The van der Waals surface area contributed by atoms with E-state index in [1.54, 1.807) is 24.5 Å². The molecule has 0 unspecified atom stereocenters. The number of pyridine rings is 1. The summed E-state index contributed by atoms with van der Waals surface area (Å²) in [4.78, 5) is 3.86. The molecule has 0 aliphatic carbocycles. The molecule has 0 aliphatic rings. The Morgan fingerprint density at radius 3 is 2.46 bits per heavy atom. The Labute approximate surface area is 140 Å². The Bertz CT molecular complexity index is 940. The molecule has 1 N–H and O–H groups in total. The van der Waals surface area contributed by atoms with E-state index in [1.807, 2.05) is 24.3 Å². The van der Waals surface area contributed by atoms with Crippen LogP contribution in [0.1, 0.15) is 12.0 Å². The third-order valence-electron chi connectivity index (χ3n) is 3.71. The molecule has 5 nitrogen and oxygen atoms in total. The van der Waals surface area contributed by atoms with Crippen molar-refractivity contribution in [2.45, 2.75) is 17.7 Å². The van der Waals surface area contributed by atoms with Gasteiger partial charge in [-0.25, -0.2) is 0 Å². The normalized spacial score (nSPS) is 11.5. The molecule has 2 aromatic carbocycles. The molecule has 0 fully saturated rings. The van der Waals surface area contributed by atoms with E-state index in [1.165, 1.54) is 17.7 Å². The zero-order chi connectivity index (χ0) is 17.0. The minimum absolute atomic E-state index is 0.121. The minimum atomic E-state index is -4.20. The fourth-order valence-corrected chi connectivity index (χ4v) is 2.98. The van der Waals surface area contributed by atoms with Crippen LogP contribution >= 0.6 is 0 Å². The summed E-state index contributed by atoms with van der Waals surface area (Å²) in [7, 11) is -4.20. The molecule has 0 aliphatic heterocycles. The van der Waals surface area contributed by atoms with Crippen molar-refractivity contribution >= 4 is 20.9 Å². The van der Waals surface area contributed by atoms with E-state index in [0.29, 0.717) is 17.7 Å². The van der Waals surface area contributed by atoms with Crippen LogP contribution in [0.4, 0.5) is 0 Å². The van der Waals surface area contributed by atoms with Gasteiger partial charge in [-0.1, -0.05) is 12.1 Å². The van der Waals surface area contributed by atoms with Crippen molar-refractivity contribution in [3.8, 4) is 5.75 Å². The summed E-state index contributed by atoms with van der Waals surface area (Å²) in [6.07, 6.45) is 5.31. The SMILES string of the molecule is O=S(=O)(O)c1ccc2ccc(OCCCc3ccncc3)cc2c1. The topological polar surface area (TPSA) is 76.5 Å². The molecule has 3 rings (SSSR count). The Morgan fingerprint density at radius 1 is 0.958 bits per heavy atom. The van der Waals surface area contributed by atoms with Crippen LogP contribution < -0.4 is 4.74 Å². The first kappa shape index (κ1) is 16.4. The maximum absolute atomic E-state index is 11.2. The minimum Gasteiger partial charge on any atom is -0.494 e. The lowest BCUT2D eigenvalue weighted by Gasteiger charge is -2.08. The highest BCUT2D eigenvalue weighted by atomic mass is 32.2. The van der Waals surface area contributed by atoms with Gasteiger partial charge >= 0.3 is 0 Å². The molecule has 0 radical (unpaired) electrons. The number of aromatic nitrogens is 1. The van der Waals surface area contributed by atoms with Crippen LogP contribution in [0.25, 0.3) is 10.8 Å². The van der Waals surface area contributed by atoms with Crippen molar-refractivity contribution in [3.05, 3.63) is 66.5 Å². The number of hydrogen-bond acceptors (Lipinski definition) is 4. The van der Waals surface area contributed by atoms with E-state index in [-0.39, 0.29) is 4.90 Å². The standard InChI is InChI=1S/C18H17NO4S/c20-24(21,22)18-6-4-15-3-5-17(12-16(15)13-18)23-11-1-2-14-7-9-19-10-8-14/h3-10,12-13H,1-2,11H2,(H,20,21,22). The first-order valence-corrected chi connectivity index (χ1v) is 8.99. The van der Waals surface area contributed by atoms with Crippen molar-refractivity contribution < 1.29 is 17.7 Å². The molecular formula is C18H17NO4S. The number of nitrogens with zero attached hydrogens (tertiary/aromatic N) is 1. The summed E-state index contributed by atoms with van der Waals surface area (Å²) in [5.74, 6) is 0.671. The van der Waals surface area contributed by atoms with Crippen LogP contribution in [0, 0.1) is 0 Å². The molecule has 24 heavy (non-hydrogen) atoms. The third-order valence-corrected chi connectivity index (χ3v) is 4.56. The monoisotopic (exact) mass is 343 g/mol. The van der Waals surface area contributed by atoms with Gasteiger partial charge in [0, 0.05) is 12.4 Å². The van der Waals surface area contributed by atoms with E-state index in [9.17, 15) is 8.42 Å². The Balaban J connectivity index is 1.66. The van der Waals surface area contributed by atoms with Gasteiger partial charge in [0.2, 0.25) is 0 Å². The average Bonchev–Trinajstić information content (AvgIpc) is 2.58. The van der Waals surface area contributed by atoms with E-state index in [0.717, 1.165) is 18.2 Å². The molecule has 124 valence electrons. The zero-order valence-electron chi connectivity index (χ0n) is 12.9. The van der Waals surface area contributed by atoms with Gasteiger partial charge in [-0.05, 0) is 65.6 Å². The predicted octanol–water partition coefficient (Wildman–Crippen LogP) is 3.49. The highest BCUT2D eigenvalue weighted by molar-refractivity contribution is 7.85. The van der Waals surface area contributed by atoms with Gasteiger partial charge in [0.05, 0.1) is 11.5 Å². The molecule has 0 saturated carbocycles. The van der Waals surface area contributed by atoms with E-state index in [2.05, 4.69) is 4.98 Å². The van der Waals surface area contributed by atoms with Crippen molar-refractivity contribution in [2.24, 2.45) is 0 Å². The lowest BCUT2D eigenvalue weighted by Crippen LogP contribution is -2.00. The van der Waals surface area contributed by atoms with Crippen LogP contribution in [0.3, 0.4) is 0 Å². The molecule has 0 saturated heterocycles. The van der Waals surface area contributed by atoms with Gasteiger partial charge < -0.3 is 4.74 Å². The maximum Gasteiger partial charge on any atom is 0.294 e. The van der Waals surface area contributed by atoms with Gasteiger partial charge in [-0.15, -0.1) is 0 Å². The molecule has 0 atom stereocenters. The third kappa shape index (κ3) is 4.10. The number of aryl methyl sites for hydroxylation is 1. The highest BCUT2D eigenvalue weighted by Crippen LogP contribution is 2.24.